The van der Waals surface area contributed by atoms with Crippen molar-refractivity contribution in [1.82, 2.24) is 4.90 Å². The van der Waals surface area contributed by atoms with Crippen LogP contribution in [0, 0.1) is 19.8 Å². The van der Waals surface area contributed by atoms with Crippen LogP contribution in [-0.2, 0) is 0 Å². The van der Waals surface area contributed by atoms with Gasteiger partial charge in [-0.25, -0.2) is 4.79 Å². The van der Waals surface area contributed by atoms with Gasteiger partial charge in [-0.1, -0.05) is 13.3 Å². The largest absolute Gasteiger partial charge is 0.475 e. The Morgan fingerprint density at radius 1 is 1.21 bits per heavy atom. The van der Waals surface area contributed by atoms with Gasteiger partial charge in [0.15, 0.2) is 5.78 Å². The standard InChI is InChI=1S/C19H25NO4/c1-6-7-13(10-20(4)5)18(21)15-9-16-14(11(2)12(15)3)8-17(24-16)19(22)23/h8-9,13H,6-7,10H2,1-5H3,(H,22,23). The maximum atomic E-state index is 13.0. The molecule has 130 valence electrons. The summed E-state index contributed by atoms with van der Waals surface area (Å²) < 4.78 is 5.41. The second kappa shape index (κ2) is 7.18. The van der Waals surface area contributed by atoms with Gasteiger partial charge in [0.2, 0.25) is 5.76 Å². The molecule has 0 aliphatic rings. The van der Waals surface area contributed by atoms with Crippen LogP contribution in [0.2, 0.25) is 0 Å². The summed E-state index contributed by atoms with van der Waals surface area (Å²) in [6.07, 6.45) is 1.76. The topological polar surface area (TPSA) is 70.8 Å². The highest BCUT2D eigenvalue weighted by atomic mass is 16.4. The second-order valence-corrected chi connectivity index (χ2v) is 6.61. The minimum atomic E-state index is -1.10. The molecule has 0 fully saturated rings. The van der Waals surface area contributed by atoms with E-state index in [1.165, 1.54) is 6.07 Å². The number of furan rings is 1. The molecule has 0 saturated carbocycles. The van der Waals surface area contributed by atoms with E-state index in [4.69, 9.17) is 9.52 Å². The summed E-state index contributed by atoms with van der Waals surface area (Å²) in [6.45, 7) is 6.58. The lowest BCUT2D eigenvalue weighted by molar-refractivity contribution is 0.0665. The monoisotopic (exact) mass is 331 g/mol. The van der Waals surface area contributed by atoms with E-state index in [1.54, 1.807) is 6.07 Å². The highest BCUT2D eigenvalue weighted by Gasteiger charge is 2.24. The van der Waals surface area contributed by atoms with Crippen LogP contribution in [0.1, 0.15) is 51.8 Å². The quantitative estimate of drug-likeness (QED) is 0.779. The van der Waals surface area contributed by atoms with Gasteiger partial charge < -0.3 is 14.4 Å². The van der Waals surface area contributed by atoms with Crippen LogP contribution in [-0.4, -0.2) is 42.4 Å². The Morgan fingerprint density at radius 3 is 2.42 bits per heavy atom. The molecule has 1 aromatic heterocycles. The van der Waals surface area contributed by atoms with Crippen LogP contribution < -0.4 is 0 Å². The van der Waals surface area contributed by atoms with Gasteiger partial charge in [-0.15, -0.1) is 0 Å². The normalized spacial score (nSPS) is 12.8. The van der Waals surface area contributed by atoms with E-state index in [-0.39, 0.29) is 17.5 Å². The van der Waals surface area contributed by atoms with Crippen molar-refractivity contribution in [2.24, 2.45) is 5.92 Å². The first-order valence-electron chi connectivity index (χ1n) is 8.22. The molecule has 2 rings (SSSR count). The number of carboxylic acids is 1. The fourth-order valence-electron chi connectivity index (χ4n) is 3.12. The predicted molar refractivity (Wildman–Crippen MR) is 93.9 cm³/mol. The van der Waals surface area contributed by atoms with E-state index in [1.807, 2.05) is 32.8 Å². The van der Waals surface area contributed by atoms with Crippen molar-refractivity contribution in [1.29, 1.82) is 0 Å². The highest BCUT2D eigenvalue weighted by molar-refractivity contribution is 6.04. The zero-order valence-electron chi connectivity index (χ0n) is 15.0. The third-order valence-electron chi connectivity index (χ3n) is 4.48. The molecule has 1 heterocycles. The van der Waals surface area contributed by atoms with Gasteiger partial charge in [0, 0.05) is 23.4 Å². The molecular weight excluding hydrogens is 306 g/mol. The van der Waals surface area contributed by atoms with Gasteiger partial charge >= 0.3 is 5.97 Å². The number of hydrogen-bond donors (Lipinski definition) is 1. The number of aromatic carboxylic acids is 1. The molecule has 5 heteroatoms. The van der Waals surface area contributed by atoms with Crippen molar-refractivity contribution in [3.05, 3.63) is 34.6 Å². The van der Waals surface area contributed by atoms with Crippen LogP contribution in [0.15, 0.2) is 16.5 Å². The number of carbonyl (C=O) groups is 2. The molecule has 2 aromatic rings. The minimum Gasteiger partial charge on any atom is -0.475 e. The van der Waals surface area contributed by atoms with E-state index in [0.29, 0.717) is 17.7 Å². The van der Waals surface area contributed by atoms with Crippen LogP contribution in [0.25, 0.3) is 11.0 Å². The van der Waals surface area contributed by atoms with E-state index >= 15 is 0 Å². The van der Waals surface area contributed by atoms with Crippen LogP contribution in [0.3, 0.4) is 0 Å². The van der Waals surface area contributed by atoms with E-state index in [2.05, 4.69) is 6.92 Å². The predicted octanol–water partition coefficient (Wildman–Crippen LogP) is 3.91. The van der Waals surface area contributed by atoms with Gasteiger partial charge in [0.25, 0.3) is 0 Å². The third kappa shape index (κ3) is 3.51. The first kappa shape index (κ1) is 18.2. The minimum absolute atomic E-state index is 0.0746. The average molecular weight is 331 g/mol. The molecule has 1 aromatic carbocycles. The second-order valence-electron chi connectivity index (χ2n) is 6.61. The zero-order chi connectivity index (χ0) is 18.0. The molecule has 5 nitrogen and oxygen atoms in total. The molecular formula is C19H25NO4. The number of ketones is 1. The lowest BCUT2D eigenvalue weighted by atomic mass is 9.88. The number of aryl methyl sites for hydroxylation is 1. The molecule has 0 aliphatic carbocycles. The number of nitrogens with zero attached hydrogens (tertiary/aromatic N) is 1. The molecule has 0 amide bonds. The number of fused-ring (bicyclic) bond motifs is 1. The van der Waals surface area contributed by atoms with E-state index in [9.17, 15) is 9.59 Å². The van der Waals surface area contributed by atoms with Crippen molar-refractivity contribution in [2.45, 2.75) is 33.6 Å². The van der Waals surface area contributed by atoms with Gasteiger partial charge in [0.1, 0.15) is 5.58 Å². The lowest BCUT2D eigenvalue weighted by Gasteiger charge is -2.21. The molecule has 0 radical (unpaired) electrons. The summed E-state index contributed by atoms with van der Waals surface area (Å²) in [5.41, 5.74) is 2.88. The molecule has 1 N–H and O–H groups in total. The number of carbonyl (C=O) groups excluding carboxylic acids is 1. The van der Waals surface area contributed by atoms with Crippen LogP contribution in [0.5, 0.6) is 0 Å². The molecule has 0 aliphatic heterocycles. The van der Waals surface area contributed by atoms with Crippen molar-refractivity contribution >= 4 is 22.7 Å². The Balaban J connectivity index is 2.52. The molecule has 0 spiro atoms. The Labute approximate surface area is 142 Å². The number of hydrogen-bond acceptors (Lipinski definition) is 4. The Bertz CT molecular complexity index is 773. The summed E-state index contributed by atoms with van der Waals surface area (Å²) in [4.78, 5) is 26.2. The highest BCUT2D eigenvalue weighted by Crippen LogP contribution is 2.30. The fraction of sp³-hybridized carbons (Fsp3) is 0.474. The molecule has 0 saturated heterocycles. The summed E-state index contributed by atoms with van der Waals surface area (Å²) in [5, 5.41) is 9.87. The fourth-order valence-corrected chi connectivity index (χ4v) is 3.12. The summed E-state index contributed by atoms with van der Waals surface area (Å²) in [5.74, 6) is -1.18. The Kier molecular flexibility index (Phi) is 5.44. The van der Waals surface area contributed by atoms with Gasteiger partial charge in [0.05, 0.1) is 0 Å². The lowest BCUT2D eigenvalue weighted by Crippen LogP contribution is -2.28. The first-order valence-corrected chi connectivity index (χ1v) is 8.22. The van der Waals surface area contributed by atoms with Gasteiger partial charge in [-0.3, -0.25) is 4.79 Å². The molecule has 24 heavy (non-hydrogen) atoms. The van der Waals surface area contributed by atoms with E-state index < -0.39 is 5.97 Å². The third-order valence-corrected chi connectivity index (χ3v) is 4.48. The van der Waals surface area contributed by atoms with Crippen molar-refractivity contribution < 1.29 is 19.1 Å². The Hall–Kier alpha value is -2.14. The zero-order valence-corrected chi connectivity index (χ0v) is 15.0. The Morgan fingerprint density at radius 2 is 1.88 bits per heavy atom. The smallest absolute Gasteiger partial charge is 0.371 e. The van der Waals surface area contributed by atoms with Gasteiger partial charge in [-0.2, -0.15) is 0 Å². The summed E-state index contributed by atoms with van der Waals surface area (Å²) in [7, 11) is 3.92. The molecule has 1 atom stereocenters. The molecule has 1 unspecified atom stereocenters. The summed E-state index contributed by atoms with van der Waals surface area (Å²) in [6, 6.07) is 3.22. The van der Waals surface area contributed by atoms with Crippen molar-refractivity contribution in [3.8, 4) is 0 Å². The van der Waals surface area contributed by atoms with Gasteiger partial charge in [-0.05, 0) is 57.6 Å². The van der Waals surface area contributed by atoms with Crippen LogP contribution in [0.4, 0.5) is 0 Å². The number of benzene rings is 1. The average Bonchev–Trinajstić information content (AvgIpc) is 2.94. The number of rotatable bonds is 7. The number of Topliss-reactive ketones (excluding diaryl/α,β-unsaturated/α-hetero) is 1. The van der Waals surface area contributed by atoms with Crippen molar-refractivity contribution in [3.63, 3.8) is 0 Å². The molecule has 0 bridgehead atoms. The maximum absolute atomic E-state index is 13.0. The van der Waals surface area contributed by atoms with Crippen LogP contribution >= 0.6 is 0 Å². The maximum Gasteiger partial charge on any atom is 0.371 e. The summed E-state index contributed by atoms with van der Waals surface area (Å²) >= 11 is 0. The first-order chi connectivity index (χ1) is 11.3. The number of carboxylic acid groups (broad SMARTS) is 1. The van der Waals surface area contributed by atoms with E-state index in [0.717, 1.165) is 29.4 Å². The van der Waals surface area contributed by atoms with Crippen molar-refractivity contribution in [2.75, 3.05) is 20.6 Å². The SMILES string of the molecule is CCCC(CN(C)C)C(=O)c1cc2oc(C(=O)O)cc2c(C)c1C.